The molecule has 0 spiro atoms. The third kappa shape index (κ3) is 3.86. The van der Waals surface area contributed by atoms with E-state index in [2.05, 4.69) is 53.0 Å². The summed E-state index contributed by atoms with van der Waals surface area (Å²) in [4.78, 5) is 21.9. The van der Waals surface area contributed by atoms with Crippen molar-refractivity contribution in [2.24, 2.45) is 0 Å². The average Bonchev–Trinajstić information content (AvgIpc) is 3.13. The molecule has 4 nitrogen and oxygen atoms in total. The molecule has 0 saturated carbocycles. The second-order valence-corrected chi connectivity index (χ2v) is 7.00. The van der Waals surface area contributed by atoms with Crippen LogP contribution in [0, 0.1) is 0 Å². The fourth-order valence-corrected chi connectivity index (χ4v) is 3.49. The molecule has 2 aromatic rings. The number of H-pyrrole nitrogens is 1. The van der Waals surface area contributed by atoms with Crippen molar-refractivity contribution in [2.75, 3.05) is 6.54 Å². The van der Waals surface area contributed by atoms with Gasteiger partial charge in [0.2, 0.25) is 5.91 Å². The molecule has 2 heterocycles. The van der Waals surface area contributed by atoms with Gasteiger partial charge in [0.15, 0.2) is 0 Å². The lowest BCUT2D eigenvalue weighted by atomic mass is 9.92. The van der Waals surface area contributed by atoms with Gasteiger partial charge >= 0.3 is 0 Å². The molecule has 1 saturated heterocycles. The average molecular weight is 325 g/mol. The van der Waals surface area contributed by atoms with Crippen molar-refractivity contribution >= 4 is 5.91 Å². The van der Waals surface area contributed by atoms with Crippen LogP contribution < -0.4 is 0 Å². The van der Waals surface area contributed by atoms with Crippen LogP contribution in [0.2, 0.25) is 0 Å². The maximum Gasteiger partial charge on any atom is 0.223 e. The molecule has 0 radical (unpaired) electrons. The summed E-state index contributed by atoms with van der Waals surface area (Å²) < 4.78 is 0. The minimum absolute atomic E-state index is 0.231. The van der Waals surface area contributed by atoms with E-state index in [0.717, 1.165) is 31.5 Å². The smallest absolute Gasteiger partial charge is 0.223 e. The first-order valence-corrected chi connectivity index (χ1v) is 9.01. The Morgan fingerprint density at radius 1 is 1.29 bits per heavy atom. The highest BCUT2D eigenvalue weighted by Crippen LogP contribution is 2.32. The van der Waals surface area contributed by atoms with E-state index in [1.807, 2.05) is 0 Å². The van der Waals surface area contributed by atoms with Crippen LogP contribution in [-0.4, -0.2) is 27.3 Å². The summed E-state index contributed by atoms with van der Waals surface area (Å²) in [6.07, 6.45) is 8.11. The number of hydrogen-bond donors (Lipinski definition) is 1. The van der Waals surface area contributed by atoms with Crippen molar-refractivity contribution in [3.05, 3.63) is 53.6 Å². The van der Waals surface area contributed by atoms with Crippen LogP contribution in [0.15, 0.2) is 36.8 Å². The van der Waals surface area contributed by atoms with Gasteiger partial charge < -0.3 is 9.88 Å². The number of imidazole rings is 1. The molecule has 1 N–H and O–H groups in total. The lowest BCUT2D eigenvalue weighted by Gasteiger charge is -2.36. The maximum absolute atomic E-state index is 12.7. The van der Waals surface area contributed by atoms with Crippen molar-refractivity contribution < 1.29 is 4.79 Å². The minimum Gasteiger partial charge on any atom is -0.348 e. The molecule has 1 aliphatic heterocycles. The lowest BCUT2D eigenvalue weighted by Crippen LogP contribution is -2.38. The van der Waals surface area contributed by atoms with Gasteiger partial charge in [-0.05, 0) is 42.7 Å². The molecule has 1 aromatic heterocycles. The van der Waals surface area contributed by atoms with Crippen molar-refractivity contribution in [1.82, 2.24) is 14.9 Å². The van der Waals surface area contributed by atoms with Crippen molar-refractivity contribution in [2.45, 2.75) is 57.9 Å². The topological polar surface area (TPSA) is 49.0 Å². The van der Waals surface area contributed by atoms with E-state index in [1.54, 1.807) is 12.5 Å². The van der Waals surface area contributed by atoms with Gasteiger partial charge in [-0.15, -0.1) is 0 Å². The lowest BCUT2D eigenvalue weighted by molar-refractivity contribution is -0.135. The number of nitrogens with one attached hydrogen (secondary N) is 1. The first-order valence-electron chi connectivity index (χ1n) is 9.01. The third-order valence-electron chi connectivity index (χ3n) is 4.97. The first-order chi connectivity index (χ1) is 11.6. The van der Waals surface area contributed by atoms with Crippen molar-refractivity contribution in [3.8, 4) is 0 Å². The molecule has 1 atom stereocenters. The Morgan fingerprint density at radius 3 is 2.75 bits per heavy atom. The number of likely N-dealkylation sites (tertiary alicyclic amines) is 1. The van der Waals surface area contributed by atoms with E-state index < -0.39 is 0 Å². The number of hydrogen-bond acceptors (Lipinski definition) is 2. The Morgan fingerprint density at radius 2 is 2.08 bits per heavy atom. The van der Waals surface area contributed by atoms with Crippen LogP contribution in [0.3, 0.4) is 0 Å². The number of rotatable bonds is 5. The predicted molar refractivity (Wildman–Crippen MR) is 95.7 cm³/mol. The van der Waals surface area contributed by atoms with Crippen LogP contribution in [-0.2, 0) is 11.2 Å². The van der Waals surface area contributed by atoms with Gasteiger partial charge in [0.25, 0.3) is 0 Å². The fraction of sp³-hybridized carbons (Fsp3) is 0.500. The molecular formula is C20H27N3O. The second-order valence-electron chi connectivity index (χ2n) is 7.00. The van der Waals surface area contributed by atoms with E-state index in [4.69, 9.17) is 0 Å². The molecule has 1 aromatic carbocycles. The third-order valence-corrected chi connectivity index (χ3v) is 4.97. The Bertz CT molecular complexity index is 646. The SMILES string of the molecule is CC(C)c1ccc(C2CCCCN2C(=O)CCc2cnc[nH]2)cc1. The Balaban J connectivity index is 1.69. The number of benzene rings is 1. The van der Waals surface area contributed by atoms with E-state index in [0.29, 0.717) is 12.3 Å². The summed E-state index contributed by atoms with van der Waals surface area (Å²) >= 11 is 0. The summed E-state index contributed by atoms with van der Waals surface area (Å²) in [5.41, 5.74) is 3.65. The quantitative estimate of drug-likeness (QED) is 0.895. The Labute approximate surface area is 144 Å². The van der Waals surface area contributed by atoms with E-state index in [9.17, 15) is 4.79 Å². The number of carbonyl (C=O) groups excluding carboxylic acids is 1. The zero-order valence-electron chi connectivity index (χ0n) is 14.7. The molecule has 1 unspecified atom stereocenters. The van der Waals surface area contributed by atoms with Crippen LogP contribution in [0.1, 0.15) is 68.3 Å². The minimum atomic E-state index is 0.231. The molecule has 128 valence electrons. The highest BCUT2D eigenvalue weighted by Gasteiger charge is 2.27. The molecular weight excluding hydrogens is 298 g/mol. The van der Waals surface area contributed by atoms with Crippen LogP contribution in [0.25, 0.3) is 0 Å². The monoisotopic (exact) mass is 325 g/mol. The van der Waals surface area contributed by atoms with Gasteiger partial charge in [0.05, 0.1) is 12.4 Å². The molecule has 3 rings (SSSR count). The normalized spacial score (nSPS) is 18.1. The molecule has 1 fully saturated rings. The number of piperidine rings is 1. The van der Waals surface area contributed by atoms with Gasteiger partial charge in [0.1, 0.15) is 0 Å². The molecule has 0 aliphatic carbocycles. The number of carbonyl (C=O) groups is 1. The molecule has 0 bridgehead atoms. The van der Waals surface area contributed by atoms with E-state index in [1.165, 1.54) is 17.5 Å². The summed E-state index contributed by atoms with van der Waals surface area (Å²) in [6, 6.07) is 9.07. The maximum atomic E-state index is 12.7. The molecule has 1 aliphatic rings. The van der Waals surface area contributed by atoms with Gasteiger partial charge in [-0.3, -0.25) is 4.79 Å². The van der Waals surface area contributed by atoms with Crippen molar-refractivity contribution in [1.29, 1.82) is 0 Å². The zero-order valence-corrected chi connectivity index (χ0v) is 14.7. The van der Waals surface area contributed by atoms with E-state index >= 15 is 0 Å². The number of aromatic amines is 1. The van der Waals surface area contributed by atoms with E-state index in [-0.39, 0.29) is 11.9 Å². The van der Waals surface area contributed by atoms with Gasteiger partial charge in [-0.1, -0.05) is 38.1 Å². The van der Waals surface area contributed by atoms with Gasteiger partial charge in [-0.2, -0.15) is 0 Å². The fourth-order valence-electron chi connectivity index (χ4n) is 3.49. The number of amides is 1. The van der Waals surface area contributed by atoms with Crippen molar-refractivity contribution in [3.63, 3.8) is 0 Å². The molecule has 24 heavy (non-hydrogen) atoms. The summed E-state index contributed by atoms with van der Waals surface area (Å²) in [6.45, 7) is 5.29. The van der Waals surface area contributed by atoms with Crippen LogP contribution in [0.5, 0.6) is 0 Å². The summed E-state index contributed by atoms with van der Waals surface area (Å²) in [5.74, 6) is 0.791. The largest absolute Gasteiger partial charge is 0.348 e. The Hall–Kier alpha value is -2.10. The Kier molecular flexibility index (Phi) is 5.34. The van der Waals surface area contributed by atoms with Crippen LogP contribution >= 0.6 is 0 Å². The first kappa shape index (κ1) is 16.7. The number of aromatic nitrogens is 2. The number of nitrogens with zero attached hydrogens (tertiary/aromatic N) is 2. The van der Waals surface area contributed by atoms with Crippen LogP contribution in [0.4, 0.5) is 0 Å². The molecule has 1 amide bonds. The van der Waals surface area contributed by atoms with Gasteiger partial charge in [-0.25, -0.2) is 4.98 Å². The predicted octanol–water partition coefficient (Wildman–Crippen LogP) is 4.22. The second kappa shape index (κ2) is 7.65. The zero-order chi connectivity index (χ0) is 16.9. The highest BCUT2D eigenvalue weighted by molar-refractivity contribution is 5.77. The number of aryl methyl sites for hydroxylation is 1. The van der Waals surface area contributed by atoms with Gasteiger partial charge in [0, 0.05) is 24.9 Å². The molecule has 4 heteroatoms. The summed E-state index contributed by atoms with van der Waals surface area (Å²) in [7, 11) is 0. The highest BCUT2D eigenvalue weighted by atomic mass is 16.2. The standard InChI is InChI=1S/C20H27N3O/c1-15(2)16-6-8-17(9-7-16)19-5-3-4-12-23(19)20(24)11-10-18-13-21-14-22-18/h6-9,13-15,19H,3-5,10-12H2,1-2H3,(H,21,22). The summed E-state index contributed by atoms with van der Waals surface area (Å²) in [5, 5.41) is 0.